The van der Waals surface area contributed by atoms with Crippen molar-refractivity contribution in [1.82, 2.24) is 9.97 Å². The third kappa shape index (κ3) is 2.03. The molecular weight excluding hydrogens is 232 g/mol. The van der Waals surface area contributed by atoms with Gasteiger partial charge in [-0.05, 0) is 25.1 Å². The number of hydrogen-bond donors (Lipinski definition) is 1. The lowest BCUT2D eigenvalue weighted by molar-refractivity contribution is 0.306. The lowest BCUT2D eigenvalue weighted by Gasteiger charge is -2.05. The summed E-state index contributed by atoms with van der Waals surface area (Å²) in [4.78, 5) is 7.55. The maximum atomic E-state index is 5.80. The summed E-state index contributed by atoms with van der Waals surface area (Å²) in [6.07, 6.45) is 1.92. The van der Waals surface area contributed by atoms with Gasteiger partial charge in [0.05, 0.1) is 10.7 Å². The number of ether oxygens (including phenoxy) is 1. The van der Waals surface area contributed by atoms with E-state index in [-0.39, 0.29) is 0 Å². The molecule has 0 spiro atoms. The first-order chi connectivity index (χ1) is 8.33. The number of fused-ring (bicyclic) bond motifs is 1. The summed E-state index contributed by atoms with van der Waals surface area (Å²) in [5, 5.41) is 4.22. The lowest BCUT2D eigenvalue weighted by Crippen LogP contribution is -1.95. The standard InChI is InChI=1S/C13H12N2OS/c1-9-15-10(8-17-9)7-16-13-4-2-3-12-11(13)5-6-14-12/h2-6,8,14H,7H2,1H3. The van der Waals surface area contributed by atoms with Gasteiger partial charge in [-0.15, -0.1) is 11.3 Å². The molecule has 0 aliphatic carbocycles. The zero-order valence-corrected chi connectivity index (χ0v) is 10.3. The van der Waals surface area contributed by atoms with Gasteiger partial charge >= 0.3 is 0 Å². The molecule has 0 bridgehead atoms. The van der Waals surface area contributed by atoms with E-state index in [2.05, 4.69) is 9.97 Å². The second kappa shape index (κ2) is 4.22. The molecule has 0 amide bonds. The predicted octanol–water partition coefficient (Wildman–Crippen LogP) is 3.51. The topological polar surface area (TPSA) is 37.9 Å². The van der Waals surface area contributed by atoms with E-state index in [1.807, 2.05) is 42.8 Å². The Morgan fingerprint density at radius 3 is 3.12 bits per heavy atom. The van der Waals surface area contributed by atoms with Crippen LogP contribution in [-0.4, -0.2) is 9.97 Å². The van der Waals surface area contributed by atoms with Crippen LogP contribution in [0.4, 0.5) is 0 Å². The first-order valence-corrected chi connectivity index (χ1v) is 6.31. The maximum absolute atomic E-state index is 5.80. The Kier molecular flexibility index (Phi) is 2.57. The molecule has 0 fully saturated rings. The zero-order chi connectivity index (χ0) is 11.7. The van der Waals surface area contributed by atoms with Crippen molar-refractivity contribution in [2.75, 3.05) is 0 Å². The van der Waals surface area contributed by atoms with E-state index < -0.39 is 0 Å². The van der Waals surface area contributed by atoms with E-state index >= 15 is 0 Å². The predicted molar refractivity (Wildman–Crippen MR) is 69.5 cm³/mol. The van der Waals surface area contributed by atoms with Crippen LogP contribution in [0.25, 0.3) is 10.9 Å². The summed E-state index contributed by atoms with van der Waals surface area (Å²) in [6, 6.07) is 8.03. The average Bonchev–Trinajstić information content (AvgIpc) is 2.94. The van der Waals surface area contributed by atoms with Crippen molar-refractivity contribution < 1.29 is 4.74 Å². The van der Waals surface area contributed by atoms with Gasteiger partial charge in [-0.2, -0.15) is 0 Å². The van der Waals surface area contributed by atoms with Gasteiger partial charge in [-0.25, -0.2) is 4.98 Å². The fourth-order valence-corrected chi connectivity index (χ4v) is 2.41. The van der Waals surface area contributed by atoms with Gasteiger partial charge in [-0.1, -0.05) is 6.07 Å². The third-order valence-electron chi connectivity index (χ3n) is 2.60. The molecule has 2 heterocycles. The number of nitrogens with one attached hydrogen (secondary N) is 1. The van der Waals surface area contributed by atoms with E-state index in [0.29, 0.717) is 6.61 Å². The Labute approximate surface area is 103 Å². The number of aromatic nitrogens is 2. The molecule has 3 nitrogen and oxygen atoms in total. The number of rotatable bonds is 3. The first kappa shape index (κ1) is 10.4. The van der Waals surface area contributed by atoms with Gasteiger partial charge in [0.1, 0.15) is 12.4 Å². The van der Waals surface area contributed by atoms with Crippen molar-refractivity contribution in [3.8, 4) is 5.75 Å². The lowest BCUT2D eigenvalue weighted by atomic mass is 10.2. The van der Waals surface area contributed by atoms with Gasteiger partial charge in [0.25, 0.3) is 0 Å². The Morgan fingerprint density at radius 1 is 1.35 bits per heavy atom. The summed E-state index contributed by atoms with van der Waals surface area (Å²) in [7, 11) is 0. The summed E-state index contributed by atoms with van der Waals surface area (Å²) < 4.78 is 5.80. The molecule has 0 aliphatic rings. The maximum Gasteiger partial charge on any atom is 0.131 e. The first-order valence-electron chi connectivity index (χ1n) is 5.43. The Morgan fingerprint density at radius 2 is 2.29 bits per heavy atom. The van der Waals surface area contributed by atoms with E-state index in [0.717, 1.165) is 27.4 Å². The number of benzene rings is 1. The van der Waals surface area contributed by atoms with E-state index in [4.69, 9.17) is 4.74 Å². The molecule has 4 heteroatoms. The summed E-state index contributed by atoms with van der Waals surface area (Å²) in [5.74, 6) is 0.898. The number of H-pyrrole nitrogens is 1. The molecular formula is C13H12N2OS. The largest absolute Gasteiger partial charge is 0.487 e. The molecule has 1 aromatic carbocycles. The van der Waals surface area contributed by atoms with E-state index in [1.54, 1.807) is 11.3 Å². The van der Waals surface area contributed by atoms with Gasteiger partial charge < -0.3 is 9.72 Å². The fraction of sp³-hybridized carbons (Fsp3) is 0.154. The van der Waals surface area contributed by atoms with Crippen LogP contribution in [0.3, 0.4) is 0 Å². The smallest absolute Gasteiger partial charge is 0.131 e. The molecule has 0 saturated heterocycles. The van der Waals surface area contributed by atoms with Crippen LogP contribution in [-0.2, 0) is 6.61 Å². The van der Waals surface area contributed by atoms with Crippen LogP contribution in [0.15, 0.2) is 35.8 Å². The Hall–Kier alpha value is -1.81. The van der Waals surface area contributed by atoms with Crippen LogP contribution in [0.5, 0.6) is 5.75 Å². The molecule has 2 aromatic heterocycles. The molecule has 0 aliphatic heterocycles. The highest BCUT2D eigenvalue weighted by molar-refractivity contribution is 7.09. The van der Waals surface area contributed by atoms with E-state index in [1.165, 1.54) is 0 Å². The second-order valence-corrected chi connectivity index (χ2v) is 4.90. The molecule has 1 N–H and O–H groups in total. The number of aryl methyl sites for hydroxylation is 1. The number of thiazole rings is 1. The van der Waals surface area contributed by atoms with Crippen molar-refractivity contribution in [2.45, 2.75) is 13.5 Å². The minimum Gasteiger partial charge on any atom is -0.487 e. The van der Waals surface area contributed by atoms with Gasteiger partial charge in [0, 0.05) is 22.5 Å². The summed E-state index contributed by atoms with van der Waals surface area (Å²) >= 11 is 1.65. The molecule has 0 atom stereocenters. The third-order valence-corrected chi connectivity index (χ3v) is 3.42. The highest BCUT2D eigenvalue weighted by Gasteiger charge is 2.04. The fourth-order valence-electron chi connectivity index (χ4n) is 1.81. The van der Waals surface area contributed by atoms with Crippen molar-refractivity contribution in [3.63, 3.8) is 0 Å². The minimum absolute atomic E-state index is 0.522. The normalized spacial score (nSPS) is 10.9. The summed E-state index contributed by atoms with van der Waals surface area (Å²) in [6.45, 7) is 2.52. The SMILES string of the molecule is Cc1nc(COc2cccc3[nH]ccc23)cs1. The van der Waals surface area contributed by atoms with Crippen molar-refractivity contribution in [1.29, 1.82) is 0 Å². The zero-order valence-electron chi connectivity index (χ0n) is 9.43. The molecule has 3 aromatic rings. The minimum atomic E-state index is 0.522. The highest BCUT2D eigenvalue weighted by Crippen LogP contribution is 2.25. The monoisotopic (exact) mass is 244 g/mol. The van der Waals surface area contributed by atoms with Gasteiger partial charge in [-0.3, -0.25) is 0 Å². The van der Waals surface area contributed by atoms with Crippen LogP contribution in [0, 0.1) is 6.92 Å². The van der Waals surface area contributed by atoms with Gasteiger partial charge in [0.15, 0.2) is 0 Å². The van der Waals surface area contributed by atoms with Crippen LogP contribution >= 0.6 is 11.3 Å². The van der Waals surface area contributed by atoms with Crippen LogP contribution in [0.2, 0.25) is 0 Å². The molecule has 0 saturated carbocycles. The summed E-state index contributed by atoms with van der Waals surface area (Å²) in [5.41, 5.74) is 2.08. The molecule has 3 rings (SSSR count). The Bertz CT molecular complexity index is 641. The number of hydrogen-bond acceptors (Lipinski definition) is 3. The second-order valence-electron chi connectivity index (χ2n) is 3.84. The Balaban J connectivity index is 1.83. The van der Waals surface area contributed by atoms with Crippen LogP contribution < -0.4 is 4.74 Å². The quantitative estimate of drug-likeness (QED) is 0.765. The van der Waals surface area contributed by atoms with Crippen molar-refractivity contribution in [3.05, 3.63) is 46.5 Å². The molecule has 0 unspecified atom stereocenters. The van der Waals surface area contributed by atoms with Gasteiger partial charge in [0.2, 0.25) is 0 Å². The van der Waals surface area contributed by atoms with Crippen LogP contribution in [0.1, 0.15) is 10.7 Å². The molecule has 0 radical (unpaired) electrons. The molecule has 86 valence electrons. The van der Waals surface area contributed by atoms with Crippen molar-refractivity contribution in [2.24, 2.45) is 0 Å². The number of nitrogens with zero attached hydrogens (tertiary/aromatic N) is 1. The number of aromatic amines is 1. The highest BCUT2D eigenvalue weighted by atomic mass is 32.1. The van der Waals surface area contributed by atoms with Crippen molar-refractivity contribution >= 4 is 22.2 Å². The average molecular weight is 244 g/mol. The molecule has 17 heavy (non-hydrogen) atoms. The van der Waals surface area contributed by atoms with E-state index in [9.17, 15) is 0 Å².